The third-order valence-electron chi connectivity index (χ3n) is 2.75. The minimum absolute atomic E-state index is 0.133. The Bertz CT molecular complexity index is 612. The van der Waals surface area contributed by atoms with E-state index in [2.05, 4.69) is 38.5 Å². The molecule has 0 radical (unpaired) electrons. The van der Waals surface area contributed by atoms with Gasteiger partial charge in [-0.2, -0.15) is 0 Å². The van der Waals surface area contributed by atoms with Crippen LogP contribution in [0.4, 0.5) is 10.8 Å². The molecule has 0 bridgehead atoms. The van der Waals surface area contributed by atoms with Crippen molar-refractivity contribution in [1.29, 1.82) is 0 Å². The molecule has 0 aliphatic heterocycles. The first-order chi connectivity index (χ1) is 9.60. The fourth-order valence-electron chi connectivity index (χ4n) is 1.77. The number of rotatable bonds is 5. The van der Waals surface area contributed by atoms with Gasteiger partial charge in [-0.15, -0.1) is 0 Å². The molecule has 106 valence electrons. The molecule has 1 amide bonds. The van der Waals surface area contributed by atoms with E-state index in [0.717, 1.165) is 28.0 Å². The lowest BCUT2D eigenvalue weighted by Crippen LogP contribution is -2.13. The first-order valence-corrected chi connectivity index (χ1v) is 7.98. The molecule has 1 heterocycles. The van der Waals surface area contributed by atoms with Crippen molar-refractivity contribution in [2.45, 2.75) is 20.3 Å². The Hall–Kier alpha value is -1.40. The number of aryl methyl sites for hydroxylation is 1. The molecule has 0 saturated heterocycles. The first kappa shape index (κ1) is 15.0. The van der Waals surface area contributed by atoms with Crippen molar-refractivity contribution in [3.63, 3.8) is 0 Å². The zero-order valence-electron chi connectivity index (χ0n) is 11.4. The molecule has 0 atom stereocenters. The van der Waals surface area contributed by atoms with Crippen molar-refractivity contribution in [3.05, 3.63) is 39.3 Å². The molecule has 0 unspecified atom stereocenters. The maximum absolute atomic E-state index is 12.2. The molecule has 0 saturated carbocycles. The number of carbonyl (C=O) groups excluding carboxylic acids is 1. The van der Waals surface area contributed by atoms with Gasteiger partial charge in [-0.05, 0) is 53.0 Å². The molecule has 2 N–H and O–H groups in total. The normalized spacial score (nSPS) is 10.3. The monoisotopic (exact) mass is 353 g/mol. The number of hydrogen-bond donors (Lipinski definition) is 2. The predicted octanol–water partition coefficient (Wildman–Crippen LogP) is 4.29. The second-order valence-electron chi connectivity index (χ2n) is 4.38. The number of anilines is 2. The van der Waals surface area contributed by atoms with Crippen LogP contribution >= 0.6 is 27.3 Å². The Morgan fingerprint density at radius 1 is 1.45 bits per heavy atom. The summed E-state index contributed by atoms with van der Waals surface area (Å²) in [7, 11) is 0. The topological polar surface area (TPSA) is 54.0 Å². The van der Waals surface area contributed by atoms with Gasteiger partial charge in [0.1, 0.15) is 0 Å². The number of nitrogens with one attached hydrogen (secondary N) is 2. The predicted molar refractivity (Wildman–Crippen MR) is 87.7 cm³/mol. The van der Waals surface area contributed by atoms with Gasteiger partial charge in [-0.25, -0.2) is 4.98 Å². The number of nitrogens with zero attached hydrogens (tertiary/aromatic N) is 1. The van der Waals surface area contributed by atoms with Crippen LogP contribution in [-0.2, 0) is 0 Å². The number of aromatic nitrogens is 1. The van der Waals surface area contributed by atoms with E-state index >= 15 is 0 Å². The van der Waals surface area contributed by atoms with Crippen molar-refractivity contribution in [3.8, 4) is 0 Å². The molecule has 4 nitrogen and oxygen atoms in total. The molecule has 0 aliphatic carbocycles. The van der Waals surface area contributed by atoms with E-state index in [4.69, 9.17) is 0 Å². The van der Waals surface area contributed by atoms with E-state index in [1.807, 2.05) is 25.1 Å². The molecule has 0 fully saturated rings. The van der Waals surface area contributed by atoms with E-state index in [1.165, 1.54) is 11.3 Å². The van der Waals surface area contributed by atoms with Gasteiger partial charge >= 0.3 is 0 Å². The van der Waals surface area contributed by atoms with Crippen molar-refractivity contribution in [2.24, 2.45) is 0 Å². The van der Waals surface area contributed by atoms with E-state index < -0.39 is 0 Å². The molecule has 1 aromatic carbocycles. The number of thiazole rings is 1. The Kier molecular flexibility index (Phi) is 5.14. The molecule has 20 heavy (non-hydrogen) atoms. The fraction of sp³-hybridized carbons (Fsp3) is 0.286. The largest absolute Gasteiger partial charge is 0.385 e. The standard InChI is InChI=1S/C14H16BrN3OS/c1-3-6-16-10-4-5-11(9(2)7-10)13(19)18-14-17-8-12(15)20-14/h4-5,7-8,16H,3,6H2,1-2H3,(H,17,18,19). The zero-order chi connectivity index (χ0) is 14.5. The maximum Gasteiger partial charge on any atom is 0.257 e. The van der Waals surface area contributed by atoms with E-state index in [9.17, 15) is 4.79 Å². The van der Waals surface area contributed by atoms with Gasteiger partial charge in [-0.3, -0.25) is 10.1 Å². The second-order valence-corrected chi connectivity index (χ2v) is 6.79. The van der Waals surface area contributed by atoms with Crippen LogP contribution in [0.15, 0.2) is 28.2 Å². The fourth-order valence-corrected chi connectivity index (χ4v) is 2.88. The summed E-state index contributed by atoms with van der Waals surface area (Å²) in [5, 5.41) is 6.70. The van der Waals surface area contributed by atoms with Crippen molar-refractivity contribution in [1.82, 2.24) is 4.98 Å². The summed E-state index contributed by atoms with van der Waals surface area (Å²) in [5.74, 6) is -0.133. The quantitative estimate of drug-likeness (QED) is 0.842. The summed E-state index contributed by atoms with van der Waals surface area (Å²) in [6.07, 6.45) is 2.74. The Morgan fingerprint density at radius 2 is 2.25 bits per heavy atom. The van der Waals surface area contributed by atoms with Crippen LogP contribution in [-0.4, -0.2) is 17.4 Å². The van der Waals surface area contributed by atoms with Crippen molar-refractivity contribution < 1.29 is 4.79 Å². The number of amides is 1. The zero-order valence-corrected chi connectivity index (χ0v) is 13.8. The third-order valence-corrected chi connectivity index (χ3v) is 4.14. The first-order valence-electron chi connectivity index (χ1n) is 6.37. The number of benzene rings is 1. The molecular formula is C14H16BrN3OS. The maximum atomic E-state index is 12.2. The summed E-state index contributed by atoms with van der Waals surface area (Å²) in [5.41, 5.74) is 2.65. The van der Waals surface area contributed by atoms with Gasteiger partial charge < -0.3 is 5.32 Å². The van der Waals surface area contributed by atoms with Gasteiger partial charge in [0.15, 0.2) is 5.13 Å². The van der Waals surface area contributed by atoms with Crippen LogP contribution in [0.2, 0.25) is 0 Å². The van der Waals surface area contributed by atoms with E-state index in [0.29, 0.717) is 10.7 Å². The minimum Gasteiger partial charge on any atom is -0.385 e. The second kappa shape index (κ2) is 6.85. The van der Waals surface area contributed by atoms with Crippen LogP contribution in [0.3, 0.4) is 0 Å². The molecule has 0 aliphatic rings. The summed E-state index contributed by atoms with van der Waals surface area (Å²) in [6, 6.07) is 5.75. The van der Waals surface area contributed by atoms with Gasteiger partial charge in [0.25, 0.3) is 5.91 Å². The highest BCUT2D eigenvalue weighted by Gasteiger charge is 2.11. The van der Waals surface area contributed by atoms with Crippen LogP contribution in [0, 0.1) is 6.92 Å². The Balaban J connectivity index is 2.09. The molecule has 2 aromatic rings. The lowest BCUT2D eigenvalue weighted by atomic mass is 10.1. The number of carbonyl (C=O) groups is 1. The van der Waals surface area contributed by atoms with Gasteiger partial charge in [0.2, 0.25) is 0 Å². The average Bonchev–Trinajstić information content (AvgIpc) is 2.81. The van der Waals surface area contributed by atoms with Crippen LogP contribution < -0.4 is 10.6 Å². The Labute approximate surface area is 130 Å². The van der Waals surface area contributed by atoms with E-state index in [-0.39, 0.29) is 5.91 Å². The van der Waals surface area contributed by atoms with Crippen molar-refractivity contribution in [2.75, 3.05) is 17.2 Å². The van der Waals surface area contributed by atoms with Gasteiger partial charge in [0.05, 0.1) is 9.98 Å². The average molecular weight is 354 g/mol. The summed E-state index contributed by atoms with van der Waals surface area (Å²) in [4.78, 5) is 16.3. The van der Waals surface area contributed by atoms with Crippen LogP contribution in [0.1, 0.15) is 29.3 Å². The summed E-state index contributed by atoms with van der Waals surface area (Å²) < 4.78 is 0.892. The molecule has 6 heteroatoms. The van der Waals surface area contributed by atoms with Gasteiger partial charge in [0, 0.05) is 17.8 Å². The minimum atomic E-state index is -0.133. The highest BCUT2D eigenvalue weighted by Crippen LogP contribution is 2.24. The molecule has 1 aromatic heterocycles. The van der Waals surface area contributed by atoms with Crippen LogP contribution in [0.5, 0.6) is 0 Å². The highest BCUT2D eigenvalue weighted by molar-refractivity contribution is 9.11. The molecular weight excluding hydrogens is 338 g/mol. The molecule has 2 rings (SSSR count). The van der Waals surface area contributed by atoms with Crippen LogP contribution in [0.25, 0.3) is 0 Å². The lowest BCUT2D eigenvalue weighted by Gasteiger charge is -2.09. The highest BCUT2D eigenvalue weighted by atomic mass is 79.9. The summed E-state index contributed by atoms with van der Waals surface area (Å²) in [6.45, 7) is 4.98. The SMILES string of the molecule is CCCNc1ccc(C(=O)Nc2ncc(Br)s2)c(C)c1. The lowest BCUT2D eigenvalue weighted by molar-refractivity contribution is 0.102. The van der Waals surface area contributed by atoms with Gasteiger partial charge in [-0.1, -0.05) is 18.3 Å². The smallest absolute Gasteiger partial charge is 0.257 e. The molecule has 0 spiro atoms. The van der Waals surface area contributed by atoms with E-state index in [1.54, 1.807) is 6.20 Å². The summed E-state index contributed by atoms with van der Waals surface area (Å²) >= 11 is 4.71. The number of halogens is 1. The number of hydrogen-bond acceptors (Lipinski definition) is 4. The van der Waals surface area contributed by atoms with Crippen molar-refractivity contribution >= 4 is 44.0 Å². The third kappa shape index (κ3) is 3.80. The Morgan fingerprint density at radius 3 is 2.85 bits per heavy atom.